The van der Waals surface area contributed by atoms with Crippen LogP contribution in [0.4, 0.5) is 0 Å². The molecule has 0 radical (unpaired) electrons. The summed E-state index contributed by atoms with van der Waals surface area (Å²) in [4.78, 5) is 21.2. The van der Waals surface area contributed by atoms with Crippen LogP contribution in [0.1, 0.15) is 40.5 Å². The molecule has 0 amide bonds. The van der Waals surface area contributed by atoms with Crippen LogP contribution in [0, 0.1) is 11.8 Å². The van der Waals surface area contributed by atoms with Crippen LogP contribution in [-0.2, 0) is 19.1 Å². The number of carboxylic acids is 1. The van der Waals surface area contributed by atoms with Gasteiger partial charge in [-0.25, -0.2) is 4.79 Å². The fraction of sp³-hybridized carbons (Fsp3) is 0.692. The molecule has 0 aromatic carbocycles. The van der Waals surface area contributed by atoms with Crippen LogP contribution >= 0.6 is 0 Å². The van der Waals surface area contributed by atoms with Gasteiger partial charge in [-0.05, 0) is 20.8 Å². The van der Waals surface area contributed by atoms with Crippen molar-refractivity contribution < 1.29 is 93.1 Å². The van der Waals surface area contributed by atoms with Crippen molar-refractivity contribution in [2.24, 2.45) is 0 Å². The van der Waals surface area contributed by atoms with E-state index in [4.69, 9.17) is 9.47 Å². The summed E-state index contributed by atoms with van der Waals surface area (Å²) in [7, 11) is 0. The van der Waals surface area contributed by atoms with Crippen LogP contribution in [-0.4, -0.2) is 30.3 Å². The molecule has 0 aliphatic carbocycles. The Morgan fingerprint density at radius 3 is 2.37 bits per heavy atom. The second kappa shape index (κ2) is 11.2. The van der Waals surface area contributed by atoms with Gasteiger partial charge in [-0.3, -0.25) is 0 Å². The maximum atomic E-state index is 10.9. The number of carbonyl (C=O) groups excluding carboxylic acids is 2. The molecule has 0 fully saturated rings. The summed E-state index contributed by atoms with van der Waals surface area (Å²) >= 11 is 0. The summed E-state index contributed by atoms with van der Waals surface area (Å²) in [5.74, 6) is 2.49. The number of hydrogen-bond acceptors (Lipinski definition) is 5. The standard InChI is InChI=1S/C13H20O5.Cs/c1-5-6-7-8-17-10(2)9-13(3,4)18-12(16)11(14)15;/h10H,5,8-9H2,1-4H3,(H,14,15);/q;+1/p-1. The molecule has 0 aromatic heterocycles. The van der Waals surface area contributed by atoms with Gasteiger partial charge in [-0.2, -0.15) is 0 Å². The number of carboxylic acid groups (broad SMARTS) is 1. The Morgan fingerprint density at radius 1 is 1.32 bits per heavy atom. The van der Waals surface area contributed by atoms with Gasteiger partial charge in [0.25, 0.3) is 0 Å². The third kappa shape index (κ3) is 12.0. The number of hydrogen-bond donors (Lipinski definition) is 0. The Hall–Kier alpha value is 0.512. The molecule has 0 aliphatic rings. The number of aliphatic carboxylic acids is 1. The van der Waals surface area contributed by atoms with Crippen LogP contribution in [0.3, 0.4) is 0 Å². The SMILES string of the molecule is CCC#CCOC(C)CC(C)(C)OC(=O)C(=O)[O-].[Cs+]. The molecule has 0 N–H and O–H groups in total. The van der Waals surface area contributed by atoms with Crippen LogP contribution in [0.25, 0.3) is 0 Å². The fourth-order valence-corrected chi connectivity index (χ4v) is 1.45. The normalized spacial score (nSPS) is 11.6. The summed E-state index contributed by atoms with van der Waals surface area (Å²) < 4.78 is 10.2. The predicted octanol–water partition coefficient (Wildman–Crippen LogP) is -2.73. The van der Waals surface area contributed by atoms with Gasteiger partial charge in [0.1, 0.15) is 12.2 Å². The zero-order valence-electron chi connectivity index (χ0n) is 12.2. The molecular formula is C13H19CsO5. The molecule has 5 nitrogen and oxygen atoms in total. The Labute approximate surface area is 173 Å². The molecule has 19 heavy (non-hydrogen) atoms. The maximum Gasteiger partial charge on any atom is 1.00 e. The Balaban J connectivity index is 0. The van der Waals surface area contributed by atoms with Crippen molar-refractivity contribution in [1.29, 1.82) is 0 Å². The van der Waals surface area contributed by atoms with E-state index in [0.717, 1.165) is 6.42 Å². The van der Waals surface area contributed by atoms with Crippen LogP contribution < -0.4 is 74.0 Å². The van der Waals surface area contributed by atoms with E-state index in [9.17, 15) is 14.7 Å². The van der Waals surface area contributed by atoms with E-state index in [0.29, 0.717) is 13.0 Å². The van der Waals surface area contributed by atoms with Gasteiger partial charge in [-0.15, -0.1) is 5.92 Å². The van der Waals surface area contributed by atoms with Crippen LogP contribution in [0.15, 0.2) is 0 Å². The van der Waals surface area contributed by atoms with Gasteiger partial charge in [0, 0.05) is 12.8 Å². The van der Waals surface area contributed by atoms with Gasteiger partial charge in [-0.1, -0.05) is 12.8 Å². The molecule has 0 bridgehead atoms. The summed E-state index contributed by atoms with van der Waals surface area (Å²) in [6.07, 6.45) is 0.951. The first-order valence-corrected chi connectivity index (χ1v) is 5.80. The first kappa shape index (κ1) is 21.8. The van der Waals surface area contributed by atoms with Crippen molar-refractivity contribution >= 4 is 11.9 Å². The summed E-state index contributed by atoms with van der Waals surface area (Å²) in [5.41, 5.74) is -0.922. The average Bonchev–Trinajstić information content (AvgIpc) is 2.22. The zero-order valence-corrected chi connectivity index (χ0v) is 18.5. The van der Waals surface area contributed by atoms with Gasteiger partial charge in [0.15, 0.2) is 5.97 Å². The van der Waals surface area contributed by atoms with Crippen molar-refractivity contribution in [3.05, 3.63) is 0 Å². The molecule has 1 atom stereocenters. The molecule has 0 saturated heterocycles. The van der Waals surface area contributed by atoms with Crippen molar-refractivity contribution in [2.75, 3.05) is 6.61 Å². The number of ether oxygens (including phenoxy) is 2. The van der Waals surface area contributed by atoms with Gasteiger partial charge < -0.3 is 19.4 Å². The number of esters is 1. The average molecular weight is 388 g/mol. The minimum atomic E-state index is -1.84. The van der Waals surface area contributed by atoms with Crippen molar-refractivity contribution in [3.8, 4) is 11.8 Å². The maximum absolute atomic E-state index is 10.9. The monoisotopic (exact) mass is 388 g/mol. The summed E-state index contributed by atoms with van der Waals surface area (Å²) in [6, 6.07) is 0. The summed E-state index contributed by atoms with van der Waals surface area (Å²) in [5, 5.41) is 10.3. The van der Waals surface area contributed by atoms with Crippen molar-refractivity contribution in [3.63, 3.8) is 0 Å². The summed E-state index contributed by atoms with van der Waals surface area (Å²) in [6.45, 7) is 7.29. The van der Waals surface area contributed by atoms with Gasteiger partial charge in [0.2, 0.25) is 0 Å². The zero-order chi connectivity index (χ0) is 14.2. The minimum Gasteiger partial charge on any atom is -0.539 e. The van der Waals surface area contributed by atoms with E-state index in [-0.39, 0.29) is 75.0 Å². The number of rotatable bonds is 5. The Morgan fingerprint density at radius 2 is 1.89 bits per heavy atom. The third-order valence-electron chi connectivity index (χ3n) is 2.06. The van der Waals surface area contributed by atoms with Gasteiger partial charge in [0.05, 0.1) is 6.10 Å². The molecule has 0 spiro atoms. The molecule has 6 heteroatoms. The number of carbonyl (C=O) groups is 2. The van der Waals surface area contributed by atoms with E-state index in [1.54, 1.807) is 13.8 Å². The quantitative estimate of drug-likeness (QED) is 0.291. The predicted molar refractivity (Wildman–Crippen MR) is 63.3 cm³/mol. The first-order chi connectivity index (χ1) is 8.28. The Bertz CT molecular complexity index is 354. The molecule has 0 rings (SSSR count). The largest absolute Gasteiger partial charge is 1.00 e. The topological polar surface area (TPSA) is 75.7 Å². The van der Waals surface area contributed by atoms with Crippen LogP contribution in [0.2, 0.25) is 0 Å². The smallest absolute Gasteiger partial charge is 0.539 e. The van der Waals surface area contributed by atoms with E-state index in [2.05, 4.69) is 11.8 Å². The molecule has 0 aromatic rings. The second-order valence-electron chi connectivity index (χ2n) is 4.47. The van der Waals surface area contributed by atoms with E-state index >= 15 is 0 Å². The molecule has 0 aliphatic heterocycles. The van der Waals surface area contributed by atoms with Gasteiger partial charge >= 0.3 is 74.9 Å². The molecule has 1 unspecified atom stereocenters. The van der Waals surface area contributed by atoms with E-state index < -0.39 is 17.5 Å². The van der Waals surface area contributed by atoms with Crippen molar-refractivity contribution in [1.82, 2.24) is 0 Å². The molecule has 0 saturated carbocycles. The van der Waals surface area contributed by atoms with E-state index in [1.165, 1.54) is 0 Å². The van der Waals surface area contributed by atoms with E-state index in [1.807, 2.05) is 13.8 Å². The molecular weight excluding hydrogens is 369 g/mol. The first-order valence-electron chi connectivity index (χ1n) is 5.80. The molecule has 102 valence electrons. The van der Waals surface area contributed by atoms with Crippen LogP contribution in [0.5, 0.6) is 0 Å². The second-order valence-corrected chi connectivity index (χ2v) is 4.47. The Kier molecular flexibility index (Phi) is 12.9. The fourth-order valence-electron chi connectivity index (χ4n) is 1.45. The minimum absolute atomic E-state index is 0. The van der Waals surface area contributed by atoms with Crippen molar-refractivity contribution in [2.45, 2.75) is 52.2 Å². The molecule has 0 heterocycles. The third-order valence-corrected chi connectivity index (χ3v) is 2.06.